The van der Waals surface area contributed by atoms with E-state index < -0.39 is 6.04 Å². The Morgan fingerprint density at radius 1 is 1.36 bits per heavy atom. The van der Waals surface area contributed by atoms with Crippen molar-refractivity contribution >= 4 is 29.7 Å². The highest BCUT2D eigenvalue weighted by Crippen LogP contribution is 2.27. The van der Waals surface area contributed by atoms with Crippen molar-refractivity contribution in [1.82, 2.24) is 10.3 Å². The fourth-order valence-electron chi connectivity index (χ4n) is 2.87. The molecule has 1 aliphatic rings. The van der Waals surface area contributed by atoms with Crippen LogP contribution in [0.2, 0.25) is 0 Å². The molecule has 1 saturated heterocycles. The lowest BCUT2D eigenvalue weighted by Gasteiger charge is -2.26. The summed E-state index contributed by atoms with van der Waals surface area (Å²) in [6.07, 6.45) is 1.71. The highest BCUT2D eigenvalue weighted by atomic mass is 35.5. The molecule has 3 rings (SSSR count). The lowest BCUT2D eigenvalue weighted by Crippen LogP contribution is -2.46. The molecule has 1 aromatic heterocycles. The summed E-state index contributed by atoms with van der Waals surface area (Å²) in [5, 5.41) is 3.95. The van der Waals surface area contributed by atoms with E-state index >= 15 is 0 Å². The topological polar surface area (TPSA) is 77.2 Å². The molecule has 0 bridgehead atoms. The second kappa shape index (κ2) is 9.29. The number of halogens is 1. The van der Waals surface area contributed by atoms with Crippen LogP contribution in [0.25, 0.3) is 10.6 Å². The van der Waals surface area contributed by atoms with E-state index in [2.05, 4.69) is 10.3 Å². The third-order valence-corrected chi connectivity index (χ3v) is 5.62. The molecule has 1 aliphatic heterocycles. The van der Waals surface area contributed by atoms with E-state index in [0.29, 0.717) is 19.8 Å². The molecule has 2 heterocycles. The Morgan fingerprint density at radius 2 is 2.04 bits per heavy atom. The van der Waals surface area contributed by atoms with Crippen molar-refractivity contribution in [2.45, 2.75) is 32.4 Å². The van der Waals surface area contributed by atoms with Crippen LogP contribution in [0.4, 0.5) is 0 Å². The maximum Gasteiger partial charge on any atom is 0.237 e. The highest BCUT2D eigenvalue weighted by Gasteiger charge is 2.26. The van der Waals surface area contributed by atoms with Gasteiger partial charge < -0.3 is 15.8 Å². The first-order valence-electron chi connectivity index (χ1n) is 8.28. The van der Waals surface area contributed by atoms with E-state index in [9.17, 15) is 4.79 Å². The Balaban J connectivity index is 0.00000225. The molecule has 2 aromatic rings. The molecular weight excluding hydrogens is 358 g/mol. The maximum atomic E-state index is 12.3. The summed E-state index contributed by atoms with van der Waals surface area (Å²) in [5.74, 6) is 0.122. The minimum Gasteiger partial charge on any atom is -0.381 e. The van der Waals surface area contributed by atoms with E-state index in [-0.39, 0.29) is 24.2 Å². The summed E-state index contributed by atoms with van der Waals surface area (Å²) in [6, 6.07) is 9.61. The fraction of sp³-hybridized carbons (Fsp3) is 0.444. The van der Waals surface area contributed by atoms with Crippen molar-refractivity contribution in [3.8, 4) is 10.6 Å². The monoisotopic (exact) mass is 381 g/mol. The van der Waals surface area contributed by atoms with E-state index in [1.807, 2.05) is 37.3 Å². The number of carbonyl (C=O) groups excluding carboxylic acids is 1. The van der Waals surface area contributed by atoms with Crippen LogP contribution in [-0.2, 0) is 16.1 Å². The number of hydrogen-bond acceptors (Lipinski definition) is 5. The van der Waals surface area contributed by atoms with E-state index in [1.165, 1.54) is 0 Å². The zero-order valence-corrected chi connectivity index (χ0v) is 15.9. The van der Waals surface area contributed by atoms with Crippen molar-refractivity contribution in [2.24, 2.45) is 11.7 Å². The molecule has 1 unspecified atom stereocenters. The number of ether oxygens (including phenoxy) is 1. The Bertz CT molecular complexity index is 687. The van der Waals surface area contributed by atoms with Crippen LogP contribution in [0, 0.1) is 12.8 Å². The van der Waals surface area contributed by atoms with Gasteiger partial charge in [0.05, 0.1) is 18.3 Å². The van der Waals surface area contributed by atoms with Gasteiger partial charge >= 0.3 is 0 Å². The summed E-state index contributed by atoms with van der Waals surface area (Å²) in [4.78, 5) is 18.0. The molecule has 0 spiro atoms. The maximum absolute atomic E-state index is 12.3. The van der Waals surface area contributed by atoms with Gasteiger partial charge in [-0.2, -0.15) is 0 Å². The quantitative estimate of drug-likeness (QED) is 0.834. The minimum atomic E-state index is -0.462. The van der Waals surface area contributed by atoms with Crippen molar-refractivity contribution in [3.05, 3.63) is 40.9 Å². The Kier molecular flexibility index (Phi) is 7.38. The van der Waals surface area contributed by atoms with Crippen LogP contribution in [0.15, 0.2) is 30.3 Å². The third-order valence-electron chi connectivity index (χ3n) is 4.41. The number of aryl methyl sites for hydroxylation is 1. The molecule has 136 valence electrons. The number of aromatic nitrogens is 1. The fourth-order valence-corrected chi connectivity index (χ4v) is 3.88. The van der Waals surface area contributed by atoms with E-state index in [4.69, 9.17) is 10.5 Å². The van der Waals surface area contributed by atoms with E-state index in [0.717, 1.165) is 34.0 Å². The zero-order valence-electron chi connectivity index (χ0n) is 14.2. The van der Waals surface area contributed by atoms with Crippen molar-refractivity contribution < 1.29 is 9.53 Å². The molecule has 1 aromatic carbocycles. The molecule has 0 saturated carbocycles. The van der Waals surface area contributed by atoms with Crippen LogP contribution < -0.4 is 11.1 Å². The molecule has 5 nitrogen and oxygen atoms in total. The van der Waals surface area contributed by atoms with Crippen LogP contribution in [0.5, 0.6) is 0 Å². The van der Waals surface area contributed by atoms with Gasteiger partial charge in [0.1, 0.15) is 5.01 Å². The summed E-state index contributed by atoms with van der Waals surface area (Å²) < 4.78 is 5.33. The molecule has 1 fully saturated rings. The SMILES string of the molecule is Cc1nc(-c2ccccc2)sc1CNC(=O)C(N)C1CCOCC1.Cl. The molecule has 1 amide bonds. The summed E-state index contributed by atoms with van der Waals surface area (Å²) >= 11 is 1.62. The smallest absolute Gasteiger partial charge is 0.237 e. The van der Waals surface area contributed by atoms with Crippen LogP contribution >= 0.6 is 23.7 Å². The summed E-state index contributed by atoms with van der Waals surface area (Å²) in [5.41, 5.74) is 8.17. The second-order valence-corrected chi connectivity index (χ2v) is 7.17. The van der Waals surface area contributed by atoms with Crippen molar-refractivity contribution in [2.75, 3.05) is 13.2 Å². The van der Waals surface area contributed by atoms with Gasteiger partial charge in [0.2, 0.25) is 5.91 Å². The highest BCUT2D eigenvalue weighted by molar-refractivity contribution is 7.15. The summed E-state index contributed by atoms with van der Waals surface area (Å²) in [7, 11) is 0. The molecule has 0 radical (unpaired) electrons. The predicted molar refractivity (Wildman–Crippen MR) is 103 cm³/mol. The average Bonchev–Trinajstić information content (AvgIpc) is 3.01. The standard InChI is InChI=1S/C18H23N3O2S.ClH/c1-12-15(24-18(21-12)14-5-3-2-4-6-14)11-20-17(22)16(19)13-7-9-23-10-8-13;/h2-6,13,16H,7-11,19H2,1H3,(H,20,22);1H. The van der Waals surface area contributed by atoms with Gasteiger partial charge in [0.15, 0.2) is 0 Å². The van der Waals surface area contributed by atoms with Gasteiger partial charge in [0.25, 0.3) is 0 Å². The largest absolute Gasteiger partial charge is 0.381 e. The van der Waals surface area contributed by atoms with Gasteiger partial charge in [-0.15, -0.1) is 23.7 Å². The van der Waals surface area contributed by atoms with Crippen LogP contribution in [0.1, 0.15) is 23.4 Å². The van der Waals surface area contributed by atoms with Crippen LogP contribution in [-0.4, -0.2) is 30.1 Å². The Hall–Kier alpha value is -1.47. The van der Waals surface area contributed by atoms with E-state index in [1.54, 1.807) is 11.3 Å². The first-order chi connectivity index (χ1) is 11.6. The predicted octanol–water partition coefficient (Wildman–Crippen LogP) is 2.91. The average molecular weight is 382 g/mol. The molecule has 1 atom stereocenters. The number of amides is 1. The molecule has 25 heavy (non-hydrogen) atoms. The van der Waals surface area contributed by atoms with Crippen molar-refractivity contribution in [3.63, 3.8) is 0 Å². The molecule has 0 aliphatic carbocycles. The second-order valence-electron chi connectivity index (χ2n) is 6.09. The van der Waals surface area contributed by atoms with Gasteiger partial charge in [-0.1, -0.05) is 30.3 Å². The van der Waals surface area contributed by atoms with Gasteiger partial charge in [-0.3, -0.25) is 4.79 Å². The zero-order chi connectivity index (χ0) is 16.9. The van der Waals surface area contributed by atoms with Crippen molar-refractivity contribution in [1.29, 1.82) is 0 Å². The first kappa shape index (κ1) is 19.8. The summed E-state index contributed by atoms with van der Waals surface area (Å²) in [6.45, 7) is 3.84. The number of nitrogens with one attached hydrogen (secondary N) is 1. The number of thiazole rings is 1. The normalized spacial score (nSPS) is 16.1. The molecule has 7 heteroatoms. The Morgan fingerprint density at radius 3 is 2.72 bits per heavy atom. The number of nitrogens with two attached hydrogens (primary N) is 1. The lowest BCUT2D eigenvalue weighted by molar-refractivity contribution is -0.124. The number of carbonyl (C=O) groups is 1. The number of rotatable bonds is 5. The number of hydrogen-bond donors (Lipinski definition) is 2. The minimum absolute atomic E-state index is 0. The van der Waals surface area contributed by atoms with Crippen LogP contribution in [0.3, 0.4) is 0 Å². The Labute approximate surface area is 158 Å². The molecule has 3 N–H and O–H groups in total. The number of nitrogens with zero attached hydrogens (tertiary/aromatic N) is 1. The van der Waals surface area contributed by atoms with Gasteiger partial charge in [-0.05, 0) is 25.7 Å². The van der Waals surface area contributed by atoms with Gasteiger partial charge in [0, 0.05) is 23.7 Å². The van der Waals surface area contributed by atoms with Gasteiger partial charge in [-0.25, -0.2) is 4.98 Å². The lowest BCUT2D eigenvalue weighted by atomic mass is 9.92. The molecular formula is C18H24ClN3O2S. The number of benzene rings is 1. The third kappa shape index (κ3) is 5.01. The first-order valence-corrected chi connectivity index (χ1v) is 9.09.